The molecule has 5 nitrogen and oxygen atoms in total. The SMILES string of the molecule is CN1CCc2cc(C3NC(=O)NC3=N)ccc21. The fourth-order valence-electron chi connectivity index (χ4n) is 2.45. The lowest BCUT2D eigenvalue weighted by Crippen LogP contribution is -2.22. The first kappa shape index (κ1) is 10.1. The van der Waals surface area contributed by atoms with Gasteiger partial charge in [-0.15, -0.1) is 0 Å². The molecule has 1 atom stereocenters. The third-order valence-electron chi connectivity index (χ3n) is 3.38. The first-order valence-corrected chi connectivity index (χ1v) is 5.65. The first-order valence-electron chi connectivity index (χ1n) is 5.65. The molecule has 1 fully saturated rings. The number of rotatable bonds is 1. The minimum Gasteiger partial charge on any atom is -0.374 e. The number of nitrogens with one attached hydrogen (secondary N) is 3. The minimum absolute atomic E-state index is 0.223. The molecule has 1 saturated heterocycles. The molecule has 1 aromatic rings. The predicted octanol–water partition coefficient (Wildman–Crippen LogP) is 1.01. The van der Waals surface area contributed by atoms with E-state index in [1.807, 2.05) is 6.07 Å². The van der Waals surface area contributed by atoms with Crippen molar-refractivity contribution in [1.29, 1.82) is 5.41 Å². The van der Waals surface area contributed by atoms with Gasteiger partial charge in [-0.1, -0.05) is 12.1 Å². The van der Waals surface area contributed by atoms with Gasteiger partial charge in [0, 0.05) is 19.3 Å². The fourth-order valence-corrected chi connectivity index (χ4v) is 2.45. The second-order valence-electron chi connectivity index (χ2n) is 4.50. The largest absolute Gasteiger partial charge is 0.374 e. The van der Waals surface area contributed by atoms with Crippen molar-refractivity contribution < 1.29 is 4.79 Å². The van der Waals surface area contributed by atoms with Gasteiger partial charge in [-0.05, 0) is 23.6 Å². The van der Waals surface area contributed by atoms with Crippen molar-refractivity contribution in [3.05, 3.63) is 29.3 Å². The average Bonchev–Trinajstić information content (AvgIpc) is 2.82. The van der Waals surface area contributed by atoms with Gasteiger partial charge in [0.15, 0.2) is 0 Å². The molecule has 0 bridgehead atoms. The van der Waals surface area contributed by atoms with E-state index >= 15 is 0 Å². The van der Waals surface area contributed by atoms with Crippen LogP contribution in [0.25, 0.3) is 0 Å². The Kier molecular flexibility index (Phi) is 2.07. The number of fused-ring (bicyclic) bond motifs is 1. The molecular weight excluding hydrogens is 216 g/mol. The van der Waals surface area contributed by atoms with Crippen molar-refractivity contribution in [3.8, 4) is 0 Å². The van der Waals surface area contributed by atoms with Gasteiger partial charge in [0.05, 0.1) is 0 Å². The average molecular weight is 230 g/mol. The molecular formula is C12H14N4O. The monoisotopic (exact) mass is 230 g/mol. The second kappa shape index (κ2) is 3.48. The highest BCUT2D eigenvalue weighted by atomic mass is 16.2. The maximum atomic E-state index is 11.2. The standard InChI is InChI=1S/C12H14N4O/c1-16-5-4-7-6-8(2-3-9(7)16)10-11(13)15-12(17)14-10/h2-3,6,10H,4-5H2,1H3,(H3,13,14,15,17). The third-order valence-corrected chi connectivity index (χ3v) is 3.38. The Hall–Kier alpha value is -2.04. The number of carbonyl (C=O) groups is 1. The normalized spacial score (nSPS) is 22.4. The molecule has 0 aromatic heterocycles. The van der Waals surface area contributed by atoms with Gasteiger partial charge in [-0.25, -0.2) is 4.79 Å². The van der Waals surface area contributed by atoms with Crippen molar-refractivity contribution in [2.45, 2.75) is 12.5 Å². The van der Waals surface area contributed by atoms with Crippen LogP contribution in [-0.4, -0.2) is 25.5 Å². The molecule has 88 valence electrons. The van der Waals surface area contributed by atoms with E-state index in [2.05, 4.69) is 34.7 Å². The summed E-state index contributed by atoms with van der Waals surface area (Å²) in [5.41, 5.74) is 3.51. The lowest BCUT2D eigenvalue weighted by Gasteiger charge is -2.14. The zero-order valence-corrected chi connectivity index (χ0v) is 9.58. The van der Waals surface area contributed by atoms with Crippen LogP contribution in [0.5, 0.6) is 0 Å². The Balaban J connectivity index is 1.95. The van der Waals surface area contributed by atoms with E-state index in [1.165, 1.54) is 11.3 Å². The lowest BCUT2D eigenvalue weighted by molar-refractivity contribution is 0.248. The maximum Gasteiger partial charge on any atom is 0.321 e. The Morgan fingerprint density at radius 3 is 3.00 bits per heavy atom. The van der Waals surface area contributed by atoms with Gasteiger partial charge in [0.2, 0.25) is 0 Å². The minimum atomic E-state index is -0.321. The molecule has 3 N–H and O–H groups in total. The smallest absolute Gasteiger partial charge is 0.321 e. The molecule has 0 spiro atoms. The van der Waals surface area contributed by atoms with Crippen LogP contribution in [0.4, 0.5) is 10.5 Å². The molecule has 0 saturated carbocycles. The number of likely N-dealkylation sites (N-methyl/N-ethyl adjacent to an activating group) is 1. The van der Waals surface area contributed by atoms with Crippen molar-refractivity contribution >= 4 is 17.6 Å². The van der Waals surface area contributed by atoms with Crippen LogP contribution in [0.3, 0.4) is 0 Å². The number of hydrogen-bond donors (Lipinski definition) is 3. The van der Waals surface area contributed by atoms with Crippen LogP contribution in [0.2, 0.25) is 0 Å². The van der Waals surface area contributed by atoms with Crippen LogP contribution < -0.4 is 15.5 Å². The van der Waals surface area contributed by atoms with Crippen LogP contribution in [0.1, 0.15) is 17.2 Å². The predicted molar refractivity (Wildman–Crippen MR) is 65.6 cm³/mol. The summed E-state index contributed by atoms with van der Waals surface area (Å²) in [7, 11) is 2.08. The first-order chi connectivity index (χ1) is 8.15. The van der Waals surface area contributed by atoms with Gasteiger partial charge in [-0.2, -0.15) is 0 Å². The highest BCUT2D eigenvalue weighted by molar-refractivity contribution is 6.06. The van der Waals surface area contributed by atoms with Crippen LogP contribution in [-0.2, 0) is 6.42 Å². The lowest BCUT2D eigenvalue weighted by atomic mass is 10.0. The summed E-state index contributed by atoms with van der Waals surface area (Å²) >= 11 is 0. The molecule has 0 aliphatic carbocycles. The summed E-state index contributed by atoms with van der Waals surface area (Å²) in [4.78, 5) is 13.4. The highest BCUT2D eigenvalue weighted by Crippen LogP contribution is 2.29. The molecule has 17 heavy (non-hydrogen) atoms. The van der Waals surface area contributed by atoms with E-state index < -0.39 is 0 Å². The fraction of sp³-hybridized carbons (Fsp3) is 0.333. The Labute approximate surface area is 99.3 Å². The van der Waals surface area contributed by atoms with Crippen molar-refractivity contribution in [1.82, 2.24) is 10.6 Å². The van der Waals surface area contributed by atoms with Gasteiger partial charge in [-0.3, -0.25) is 10.7 Å². The quantitative estimate of drug-likeness (QED) is 0.674. The molecule has 2 aliphatic rings. The molecule has 3 rings (SSSR count). The molecule has 2 aliphatic heterocycles. The second-order valence-corrected chi connectivity index (χ2v) is 4.50. The number of benzene rings is 1. The van der Waals surface area contributed by atoms with Crippen LogP contribution >= 0.6 is 0 Å². The van der Waals surface area contributed by atoms with Gasteiger partial charge in [0.25, 0.3) is 0 Å². The highest BCUT2D eigenvalue weighted by Gasteiger charge is 2.28. The number of urea groups is 1. The molecule has 5 heteroatoms. The molecule has 1 aromatic carbocycles. The third kappa shape index (κ3) is 1.54. The topological polar surface area (TPSA) is 68.2 Å². The summed E-state index contributed by atoms with van der Waals surface area (Å²) in [6.07, 6.45) is 1.03. The van der Waals surface area contributed by atoms with Crippen LogP contribution in [0.15, 0.2) is 18.2 Å². The van der Waals surface area contributed by atoms with Crippen LogP contribution in [0, 0.1) is 5.41 Å². The van der Waals surface area contributed by atoms with Gasteiger partial charge < -0.3 is 10.2 Å². The van der Waals surface area contributed by atoms with Crippen molar-refractivity contribution in [3.63, 3.8) is 0 Å². The maximum absolute atomic E-state index is 11.2. The number of nitrogens with zero attached hydrogens (tertiary/aromatic N) is 1. The molecule has 1 unspecified atom stereocenters. The number of amides is 2. The van der Waals surface area contributed by atoms with E-state index in [9.17, 15) is 4.79 Å². The van der Waals surface area contributed by atoms with E-state index in [1.54, 1.807) is 0 Å². The van der Waals surface area contributed by atoms with Gasteiger partial charge in [0.1, 0.15) is 11.9 Å². The van der Waals surface area contributed by atoms with E-state index in [0.29, 0.717) is 0 Å². The molecule has 2 heterocycles. The Bertz CT molecular complexity index is 511. The Morgan fingerprint density at radius 1 is 1.47 bits per heavy atom. The molecule has 2 amide bonds. The van der Waals surface area contributed by atoms with Crippen molar-refractivity contribution in [2.75, 3.05) is 18.5 Å². The summed E-state index contributed by atoms with van der Waals surface area (Å²) in [5, 5.41) is 12.9. The van der Waals surface area contributed by atoms with Crippen molar-refractivity contribution in [2.24, 2.45) is 0 Å². The zero-order chi connectivity index (χ0) is 12.0. The summed E-state index contributed by atoms with van der Waals surface area (Å²) in [6, 6.07) is 5.52. The summed E-state index contributed by atoms with van der Waals surface area (Å²) in [5.74, 6) is 0.223. The van der Waals surface area contributed by atoms with E-state index in [-0.39, 0.29) is 17.9 Å². The van der Waals surface area contributed by atoms with Gasteiger partial charge >= 0.3 is 6.03 Å². The zero-order valence-electron chi connectivity index (χ0n) is 9.58. The number of amidine groups is 1. The number of hydrogen-bond acceptors (Lipinski definition) is 3. The van der Waals surface area contributed by atoms with E-state index in [4.69, 9.17) is 5.41 Å². The van der Waals surface area contributed by atoms with E-state index in [0.717, 1.165) is 18.5 Å². The molecule has 0 radical (unpaired) electrons. The number of anilines is 1. The summed E-state index contributed by atoms with van der Waals surface area (Å²) < 4.78 is 0. The summed E-state index contributed by atoms with van der Waals surface area (Å²) in [6.45, 7) is 1.03. The number of carbonyl (C=O) groups excluding carboxylic acids is 1. The Morgan fingerprint density at radius 2 is 2.29 bits per heavy atom.